The lowest BCUT2D eigenvalue weighted by atomic mass is 10.1. The standard InChI is InChI=1S/C16H10FN3/c17-13-6-3-5-12-15(8-9-19-16(12)13)20-14-7-2-1-4-11(14)10-18/h1-9H,(H,19,20). The van der Waals surface area contributed by atoms with Gasteiger partial charge < -0.3 is 5.32 Å². The molecule has 0 fully saturated rings. The van der Waals surface area contributed by atoms with E-state index < -0.39 is 0 Å². The number of para-hydroxylation sites is 2. The first-order valence-corrected chi connectivity index (χ1v) is 6.09. The molecule has 1 aromatic heterocycles. The minimum atomic E-state index is -0.361. The fourth-order valence-corrected chi connectivity index (χ4v) is 2.08. The van der Waals surface area contributed by atoms with E-state index in [9.17, 15) is 4.39 Å². The molecule has 0 aliphatic carbocycles. The first-order valence-electron chi connectivity index (χ1n) is 6.09. The lowest BCUT2D eigenvalue weighted by Gasteiger charge is -2.10. The molecule has 0 bridgehead atoms. The Bertz CT molecular complexity index is 821. The number of nitrogens with one attached hydrogen (secondary N) is 1. The molecule has 1 N–H and O–H groups in total. The summed E-state index contributed by atoms with van der Waals surface area (Å²) in [6.45, 7) is 0. The lowest BCUT2D eigenvalue weighted by Crippen LogP contribution is -1.95. The van der Waals surface area contributed by atoms with Gasteiger partial charge in [0.1, 0.15) is 17.4 Å². The maximum absolute atomic E-state index is 13.7. The lowest BCUT2D eigenvalue weighted by molar-refractivity contribution is 0.637. The van der Waals surface area contributed by atoms with Crippen molar-refractivity contribution in [2.24, 2.45) is 0 Å². The highest BCUT2D eigenvalue weighted by molar-refractivity contribution is 5.93. The van der Waals surface area contributed by atoms with Gasteiger partial charge in [-0.3, -0.25) is 4.98 Å². The van der Waals surface area contributed by atoms with Gasteiger partial charge in [-0.15, -0.1) is 0 Å². The number of nitriles is 1. The van der Waals surface area contributed by atoms with E-state index >= 15 is 0 Å². The van der Waals surface area contributed by atoms with Crippen LogP contribution >= 0.6 is 0 Å². The Morgan fingerprint density at radius 1 is 1.00 bits per heavy atom. The SMILES string of the molecule is N#Cc1ccccc1Nc1ccnc2c(F)cccc12. The van der Waals surface area contributed by atoms with E-state index in [4.69, 9.17) is 5.26 Å². The summed E-state index contributed by atoms with van der Waals surface area (Å²) in [6.07, 6.45) is 1.54. The van der Waals surface area contributed by atoms with Crippen LogP contribution in [-0.2, 0) is 0 Å². The molecule has 4 heteroatoms. The van der Waals surface area contributed by atoms with Gasteiger partial charge in [-0.2, -0.15) is 5.26 Å². The zero-order valence-electron chi connectivity index (χ0n) is 10.5. The average Bonchev–Trinajstić information content (AvgIpc) is 2.49. The van der Waals surface area contributed by atoms with E-state index in [1.54, 1.807) is 36.5 Å². The smallest absolute Gasteiger partial charge is 0.149 e. The fraction of sp³-hybridized carbons (Fsp3) is 0. The molecular formula is C16H10FN3. The monoisotopic (exact) mass is 263 g/mol. The van der Waals surface area contributed by atoms with E-state index in [0.29, 0.717) is 22.2 Å². The summed E-state index contributed by atoms with van der Waals surface area (Å²) in [5.41, 5.74) is 2.25. The Morgan fingerprint density at radius 2 is 1.85 bits per heavy atom. The molecule has 0 aliphatic rings. The molecule has 3 nitrogen and oxygen atoms in total. The summed E-state index contributed by atoms with van der Waals surface area (Å²) < 4.78 is 13.7. The van der Waals surface area contributed by atoms with Crippen molar-refractivity contribution >= 4 is 22.3 Å². The molecule has 0 amide bonds. The number of anilines is 2. The molecule has 3 aromatic rings. The topological polar surface area (TPSA) is 48.7 Å². The summed E-state index contributed by atoms with van der Waals surface area (Å²) in [5.74, 6) is -0.361. The van der Waals surface area contributed by atoms with Crippen LogP contribution in [0.15, 0.2) is 54.7 Å². The Morgan fingerprint density at radius 3 is 2.70 bits per heavy atom. The van der Waals surface area contributed by atoms with Crippen molar-refractivity contribution in [1.82, 2.24) is 4.98 Å². The third-order valence-electron chi connectivity index (χ3n) is 3.04. The third-order valence-corrected chi connectivity index (χ3v) is 3.04. The Hall–Kier alpha value is -2.93. The van der Waals surface area contributed by atoms with Crippen molar-refractivity contribution in [2.75, 3.05) is 5.32 Å². The molecular weight excluding hydrogens is 253 g/mol. The van der Waals surface area contributed by atoms with Gasteiger partial charge >= 0.3 is 0 Å². The molecule has 2 aromatic carbocycles. The minimum absolute atomic E-state index is 0.312. The molecule has 1 heterocycles. The summed E-state index contributed by atoms with van der Waals surface area (Å²) in [7, 11) is 0. The van der Waals surface area contributed by atoms with Gasteiger partial charge in [0.15, 0.2) is 0 Å². The van der Waals surface area contributed by atoms with Crippen LogP contribution < -0.4 is 5.32 Å². The molecule has 0 spiro atoms. The van der Waals surface area contributed by atoms with Crippen LogP contribution in [0.25, 0.3) is 10.9 Å². The van der Waals surface area contributed by atoms with Crippen LogP contribution in [0.3, 0.4) is 0 Å². The highest BCUT2D eigenvalue weighted by atomic mass is 19.1. The second-order valence-corrected chi connectivity index (χ2v) is 4.28. The number of fused-ring (bicyclic) bond motifs is 1. The van der Waals surface area contributed by atoms with Crippen LogP contribution in [0, 0.1) is 17.1 Å². The maximum atomic E-state index is 13.7. The van der Waals surface area contributed by atoms with Crippen molar-refractivity contribution < 1.29 is 4.39 Å². The van der Waals surface area contributed by atoms with Gasteiger partial charge in [-0.25, -0.2) is 4.39 Å². The number of hydrogen-bond acceptors (Lipinski definition) is 3. The van der Waals surface area contributed by atoms with Gasteiger partial charge in [0, 0.05) is 17.3 Å². The molecule has 0 unspecified atom stereocenters. The predicted molar refractivity (Wildman–Crippen MR) is 76.1 cm³/mol. The van der Waals surface area contributed by atoms with E-state index in [1.165, 1.54) is 6.07 Å². The van der Waals surface area contributed by atoms with Crippen LogP contribution in [-0.4, -0.2) is 4.98 Å². The molecule has 0 radical (unpaired) electrons. The number of hydrogen-bond donors (Lipinski definition) is 1. The number of nitrogens with zero attached hydrogens (tertiary/aromatic N) is 2. The van der Waals surface area contributed by atoms with E-state index in [2.05, 4.69) is 16.4 Å². The molecule has 0 aliphatic heterocycles. The predicted octanol–water partition coefficient (Wildman–Crippen LogP) is 3.99. The van der Waals surface area contributed by atoms with Gasteiger partial charge in [-0.1, -0.05) is 24.3 Å². The molecule has 3 rings (SSSR count). The normalized spacial score (nSPS) is 10.2. The molecule has 0 saturated carbocycles. The maximum Gasteiger partial charge on any atom is 0.149 e. The van der Waals surface area contributed by atoms with Crippen molar-refractivity contribution in [3.63, 3.8) is 0 Å². The van der Waals surface area contributed by atoms with Crippen LogP contribution in [0.4, 0.5) is 15.8 Å². The second kappa shape index (κ2) is 4.98. The zero-order chi connectivity index (χ0) is 13.9. The Kier molecular flexibility index (Phi) is 3.02. The number of rotatable bonds is 2. The van der Waals surface area contributed by atoms with Crippen LogP contribution in [0.2, 0.25) is 0 Å². The van der Waals surface area contributed by atoms with Crippen LogP contribution in [0.1, 0.15) is 5.56 Å². The van der Waals surface area contributed by atoms with Crippen molar-refractivity contribution in [2.45, 2.75) is 0 Å². The van der Waals surface area contributed by atoms with Gasteiger partial charge in [0.05, 0.1) is 11.3 Å². The number of pyridine rings is 1. The van der Waals surface area contributed by atoms with Gasteiger partial charge in [-0.05, 0) is 24.3 Å². The van der Waals surface area contributed by atoms with Crippen molar-refractivity contribution in [3.8, 4) is 6.07 Å². The first-order chi connectivity index (χ1) is 9.79. The highest BCUT2D eigenvalue weighted by Crippen LogP contribution is 2.27. The number of benzene rings is 2. The van der Waals surface area contributed by atoms with E-state index in [-0.39, 0.29) is 5.82 Å². The largest absolute Gasteiger partial charge is 0.354 e. The van der Waals surface area contributed by atoms with Crippen molar-refractivity contribution in [3.05, 3.63) is 66.1 Å². The fourth-order valence-electron chi connectivity index (χ4n) is 2.08. The second-order valence-electron chi connectivity index (χ2n) is 4.28. The molecule has 0 saturated heterocycles. The van der Waals surface area contributed by atoms with E-state index in [0.717, 1.165) is 5.69 Å². The molecule has 20 heavy (non-hydrogen) atoms. The summed E-state index contributed by atoms with van der Waals surface area (Å²) >= 11 is 0. The average molecular weight is 263 g/mol. The third kappa shape index (κ3) is 2.06. The summed E-state index contributed by atoms with van der Waals surface area (Å²) in [6, 6.07) is 15.9. The Labute approximate surface area is 115 Å². The number of aromatic nitrogens is 1. The highest BCUT2D eigenvalue weighted by Gasteiger charge is 2.07. The van der Waals surface area contributed by atoms with Gasteiger partial charge in [0.25, 0.3) is 0 Å². The first kappa shape index (κ1) is 12.1. The van der Waals surface area contributed by atoms with Gasteiger partial charge in [0.2, 0.25) is 0 Å². The minimum Gasteiger partial charge on any atom is -0.354 e. The Balaban J connectivity index is 2.12. The van der Waals surface area contributed by atoms with E-state index in [1.807, 2.05) is 12.1 Å². The summed E-state index contributed by atoms with van der Waals surface area (Å²) in [5, 5.41) is 12.9. The van der Waals surface area contributed by atoms with Crippen LogP contribution in [0.5, 0.6) is 0 Å². The summed E-state index contributed by atoms with van der Waals surface area (Å²) in [4.78, 5) is 4.05. The van der Waals surface area contributed by atoms with Crippen molar-refractivity contribution in [1.29, 1.82) is 5.26 Å². The quantitative estimate of drug-likeness (QED) is 0.760. The molecule has 96 valence electrons. The molecule has 0 atom stereocenters. The number of halogens is 1. The zero-order valence-corrected chi connectivity index (χ0v) is 10.5.